The van der Waals surface area contributed by atoms with Crippen molar-refractivity contribution in [1.82, 2.24) is 4.98 Å². The minimum Gasteiger partial charge on any atom is -0.446 e. The first kappa shape index (κ1) is 17.2. The van der Waals surface area contributed by atoms with Crippen LogP contribution in [0.4, 0.5) is 5.69 Å². The van der Waals surface area contributed by atoms with Crippen LogP contribution in [0.15, 0.2) is 52.9 Å². The maximum atomic E-state index is 12.3. The lowest BCUT2D eigenvalue weighted by Gasteiger charge is -2.09. The first-order valence-corrected chi connectivity index (χ1v) is 9.58. The Hall–Kier alpha value is -2.60. The van der Waals surface area contributed by atoms with E-state index in [2.05, 4.69) is 9.71 Å². The highest BCUT2D eigenvalue weighted by molar-refractivity contribution is 7.91. The van der Waals surface area contributed by atoms with Gasteiger partial charge in [0.05, 0.1) is 5.75 Å². The van der Waals surface area contributed by atoms with Crippen LogP contribution in [0.3, 0.4) is 0 Å². The quantitative estimate of drug-likeness (QED) is 0.743. The SMILES string of the molecule is Cc1ccc(CS(=O)(=O)Nc2ccc(-c3nc(C)oc3C)cc2)cc1. The number of sulfonamides is 1. The van der Waals surface area contributed by atoms with E-state index in [0.29, 0.717) is 11.6 Å². The van der Waals surface area contributed by atoms with E-state index in [0.717, 1.165) is 28.1 Å². The van der Waals surface area contributed by atoms with Gasteiger partial charge in [0.25, 0.3) is 0 Å². The molecule has 0 radical (unpaired) electrons. The molecule has 0 bridgehead atoms. The Morgan fingerprint density at radius 2 is 1.60 bits per heavy atom. The summed E-state index contributed by atoms with van der Waals surface area (Å²) in [5, 5.41) is 0. The number of hydrogen-bond acceptors (Lipinski definition) is 4. The number of nitrogens with zero attached hydrogens (tertiary/aromatic N) is 1. The normalized spacial score (nSPS) is 11.5. The number of anilines is 1. The van der Waals surface area contributed by atoms with Gasteiger partial charge in [-0.25, -0.2) is 13.4 Å². The number of hydrogen-bond donors (Lipinski definition) is 1. The van der Waals surface area contributed by atoms with Gasteiger partial charge in [0, 0.05) is 18.2 Å². The summed E-state index contributed by atoms with van der Waals surface area (Å²) >= 11 is 0. The van der Waals surface area contributed by atoms with E-state index in [-0.39, 0.29) is 5.75 Å². The second-order valence-corrected chi connectivity index (χ2v) is 7.78. The Balaban J connectivity index is 1.74. The van der Waals surface area contributed by atoms with E-state index in [4.69, 9.17) is 4.42 Å². The molecule has 0 unspecified atom stereocenters. The highest BCUT2D eigenvalue weighted by Crippen LogP contribution is 2.25. The smallest absolute Gasteiger partial charge is 0.236 e. The summed E-state index contributed by atoms with van der Waals surface area (Å²) in [4.78, 5) is 4.34. The number of aromatic nitrogens is 1. The Morgan fingerprint density at radius 1 is 0.960 bits per heavy atom. The van der Waals surface area contributed by atoms with Crippen LogP contribution in [-0.2, 0) is 15.8 Å². The standard InChI is InChI=1S/C19H20N2O3S/c1-13-4-6-16(7-5-13)12-25(22,23)21-18-10-8-17(9-11-18)19-14(2)24-15(3)20-19/h4-11,21H,12H2,1-3H3. The number of benzene rings is 2. The van der Waals surface area contributed by atoms with Crippen molar-refractivity contribution in [2.75, 3.05) is 4.72 Å². The number of aryl methyl sites for hydroxylation is 3. The lowest BCUT2D eigenvalue weighted by atomic mass is 10.1. The molecule has 130 valence electrons. The van der Waals surface area contributed by atoms with E-state index in [1.165, 1.54) is 0 Å². The van der Waals surface area contributed by atoms with Crippen molar-refractivity contribution in [3.63, 3.8) is 0 Å². The number of oxazole rings is 1. The van der Waals surface area contributed by atoms with Gasteiger partial charge >= 0.3 is 0 Å². The molecule has 1 heterocycles. The average molecular weight is 356 g/mol. The summed E-state index contributed by atoms with van der Waals surface area (Å²) in [5.74, 6) is 1.29. The predicted octanol–water partition coefficient (Wildman–Crippen LogP) is 4.21. The highest BCUT2D eigenvalue weighted by Gasteiger charge is 2.13. The average Bonchev–Trinajstić information content (AvgIpc) is 2.88. The molecular formula is C19H20N2O3S. The minimum absolute atomic E-state index is 0.0589. The summed E-state index contributed by atoms with van der Waals surface area (Å²) in [6.45, 7) is 5.62. The fourth-order valence-corrected chi connectivity index (χ4v) is 3.81. The summed E-state index contributed by atoms with van der Waals surface area (Å²) < 4.78 is 32.7. The fraction of sp³-hybridized carbons (Fsp3) is 0.211. The molecule has 0 atom stereocenters. The molecule has 25 heavy (non-hydrogen) atoms. The zero-order chi connectivity index (χ0) is 18.0. The maximum absolute atomic E-state index is 12.3. The molecule has 0 aliphatic carbocycles. The third-order valence-corrected chi connectivity index (χ3v) is 5.07. The zero-order valence-electron chi connectivity index (χ0n) is 14.4. The van der Waals surface area contributed by atoms with E-state index in [9.17, 15) is 8.42 Å². The van der Waals surface area contributed by atoms with Crippen molar-refractivity contribution in [3.8, 4) is 11.3 Å². The Bertz CT molecular complexity index is 973. The van der Waals surface area contributed by atoms with Crippen LogP contribution in [-0.4, -0.2) is 13.4 Å². The molecule has 5 nitrogen and oxygen atoms in total. The molecule has 0 fully saturated rings. The van der Waals surface area contributed by atoms with Crippen LogP contribution < -0.4 is 4.72 Å². The predicted molar refractivity (Wildman–Crippen MR) is 98.8 cm³/mol. The third-order valence-electron chi connectivity index (χ3n) is 3.81. The second kappa shape index (κ2) is 6.72. The van der Waals surface area contributed by atoms with Crippen LogP contribution in [0.1, 0.15) is 22.8 Å². The van der Waals surface area contributed by atoms with Gasteiger partial charge in [0.15, 0.2) is 5.89 Å². The zero-order valence-corrected chi connectivity index (χ0v) is 15.2. The molecule has 1 N–H and O–H groups in total. The summed E-state index contributed by atoms with van der Waals surface area (Å²) in [6.07, 6.45) is 0. The Kier molecular flexibility index (Phi) is 4.63. The van der Waals surface area contributed by atoms with E-state index in [1.807, 2.05) is 50.2 Å². The molecule has 1 aromatic heterocycles. The van der Waals surface area contributed by atoms with E-state index < -0.39 is 10.0 Å². The Morgan fingerprint density at radius 3 is 2.16 bits per heavy atom. The van der Waals surface area contributed by atoms with Crippen LogP contribution in [0.2, 0.25) is 0 Å². The summed E-state index contributed by atoms with van der Waals surface area (Å²) in [5.41, 5.74) is 4.03. The minimum atomic E-state index is -3.47. The molecule has 6 heteroatoms. The lowest BCUT2D eigenvalue weighted by molar-refractivity contribution is 0.495. The Labute approximate surface area is 147 Å². The van der Waals surface area contributed by atoms with Gasteiger partial charge < -0.3 is 4.42 Å². The van der Waals surface area contributed by atoms with Crippen molar-refractivity contribution in [2.45, 2.75) is 26.5 Å². The van der Waals surface area contributed by atoms with Crippen LogP contribution in [0.25, 0.3) is 11.3 Å². The van der Waals surface area contributed by atoms with E-state index >= 15 is 0 Å². The van der Waals surface area contributed by atoms with Crippen molar-refractivity contribution in [1.29, 1.82) is 0 Å². The third kappa shape index (κ3) is 4.28. The maximum Gasteiger partial charge on any atom is 0.236 e. The van der Waals surface area contributed by atoms with Crippen molar-refractivity contribution in [2.24, 2.45) is 0 Å². The van der Waals surface area contributed by atoms with Crippen molar-refractivity contribution < 1.29 is 12.8 Å². The topological polar surface area (TPSA) is 72.2 Å². The molecule has 0 spiro atoms. The van der Waals surface area contributed by atoms with Gasteiger partial charge in [-0.3, -0.25) is 4.72 Å². The van der Waals surface area contributed by atoms with Gasteiger partial charge in [-0.05, 0) is 31.5 Å². The fourth-order valence-electron chi connectivity index (χ4n) is 2.61. The highest BCUT2D eigenvalue weighted by atomic mass is 32.2. The monoisotopic (exact) mass is 356 g/mol. The number of nitrogens with one attached hydrogen (secondary N) is 1. The molecule has 0 aliphatic heterocycles. The van der Waals surface area contributed by atoms with E-state index in [1.54, 1.807) is 19.1 Å². The van der Waals surface area contributed by atoms with Crippen LogP contribution in [0.5, 0.6) is 0 Å². The van der Waals surface area contributed by atoms with Crippen molar-refractivity contribution in [3.05, 3.63) is 71.3 Å². The van der Waals surface area contributed by atoms with Gasteiger partial charge in [-0.1, -0.05) is 42.0 Å². The van der Waals surface area contributed by atoms with Crippen LogP contribution >= 0.6 is 0 Å². The first-order valence-electron chi connectivity index (χ1n) is 7.93. The molecule has 3 rings (SSSR count). The number of rotatable bonds is 5. The molecule has 0 saturated heterocycles. The molecule has 3 aromatic rings. The first-order chi connectivity index (χ1) is 11.8. The lowest BCUT2D eigenvalue weighted by Crippen LogP contribution is -2.15. The molecule has 0 saturated carbocycles. The molecular weight excluding hydrogens is 336 g/mol. The summed E-state index contributed by atoms with van der Waals surface area (Å²) in [6, 6.07) is 14.6. The van der Waals surface area contributed by atoms with Gasteiger partial charge in [0.2, 0.25) is 10.0 Å². The second-order valence-electron chi connectivity index (χ2n) is 6.06. The van der Waals surface area contributed by atoms with Gasteiger partial charge in [-0.15, -0.1) is 0 Å². The molecule has 0 amide bonds. The van der Waals surface area contributed by atoms with Crippen molar-refractivity contribution >= 4 is 15.7 Å². The van der Waals surface area contributed by atoms with Gasteiger partial charge in [0.1, 0.15) is 11.5 Å². The summed E-state index contributed by atoms with van der Waals surface area (Å²) in [7, 11) is -3.47. The van der Waals surface area contributed by atoms with Gasteiger partial charge in [-0.2, -0.15) is 0 Å². The molecule has 0 aliphatic rings. The molecule has 2 aromatic carbocycles. The largest absolute Gasteiger partial charge is 0.446 e. The van der Waals surface area contributed by atoms with Crippen LogP contribution in [0, 0.1) is 20.8 Å².